The Bertz CT molecular complexity index is 909. The van der Waals surface area contributed by atoms with Gasteiger partial charge in [0.05, 0.1) is 0 Å². The monoisotopic (exact) mass is 405 g/mol. The van der Waals surface area contributed by atoms with E-state index in [9.17, 15) is 0 Å². The molecule has 1 heterocycles. The van der Waals surface area contributed by atoms with E-state index in [2.05, 4.69) is 87.8 Å². The van der Waals surface area contributed by atoms with E-state index in [-0.39, 0.29) is 12.3 Å². The molecule has 3 aromatic carbocycles. The molecule has 0 aliphatic carbocycles. The van der Waals surface area contributed by atoms with Crippen LogP contribution in [0.4, 0.5) is 0 Å². The summed E-state index contributed by atoms with van der Waals surface area (Å²) in [6, 6.07) is 29.2. The summed E-state index contributed by atoms with van der Waals surface area (Å²) >= 11 is 3.59. The van der Waals surface area contributed by atoms with Crippen LogP contribution in [-0.2, 0) is 0 Å². The van der Waals surface area contributed by atoms with Crippen molar-refractivity contribution in [3.63, 3.8) is 0 Å². The first kappa shape index (κ1) is 17.0. The molecule has 1 aliphatic heterocycles. The lowest BCUT2D eigenvalue weighted by Gasteiger charge is -2.39. The fourth-order valence-corrected chi connectivity index (χ4v) is 3.72. The van der Waals surface area contributed by atoms with Gasteiger partial charge in [-0.1, -0.05) is 88.7 Å². The second-order valence-corrected chi connectivity index (χ2v) is 7.31. The van der Waals surface area contributed by atoms with Crippen LogP contribution in [0.25, 0.3) is 0 Å². The normalized spacial score (nSPS) is 20.3. The molecule has 0 spiro atoms. The minimum atomic E-state index is -0.0610. The highest BCUT2D eigenvalue weighted by Crippen LogP contribution is 2.33. The molecule has 0 radical (unpaired) electrons. The van der Waals surface area contributed by atoms with Crippen LogP contribution in [0, 0.1) is 0 Å². The lowest BCUT2D eigenvalue weighted by molar-refractivity contribution is 0.152. The minimum Gasteiger partial charge on any atom is -0.350 e. The zero-order valence-electron chi connectivity index (χ0n) is 14.5. The van der Waals surface area contributed by atoms with Crippen molar-refractivity contribution in [2.45, 2.75) is 12.3 Å². The molecule has 1 aliphatic rings. The number of benzene rings is 3. The molecule has 2 unspecified atom stereocenters. The van der Waals surface area contributed by atoms with Crippen molar-refractivity contribution in [3.8, 4) is 0 Å². The van der Waals surface area contributed by atoms with E-state index in [0.717, 1.165) is 21.4 Å². The number of nitrogens with one attached hydrogen (secondary N) is 1. The van der Waals surface area contributed by atoms with Gasteiger partial charge in [-0.3, -0.25) is 4.90 Å². The van der Waals surface area contributed by atoms with E-state index >= 15 is 0 Å². The number of hydrogen-bond donors (Lipinski definition) is 1. The average Bonchev–Trinajstić information content (AvgIpc) is 2.69. The van der Waals surface area contributed by atoms with Crippen LogP contribution in [0.15, 0.2) is 94.4 Å². The van der Waals surface area contributed by atoms with Gasteiger partial charge in [-0.05, 0) is 30.3 Å². The van der Waals surface area contributed by atoms with Crippen LogP contribution in [0.1, 0.15) is 29.0 Å². The summed E-state index contributed by atoms with van der Waals surface area (Å²) in [5.41, 5.74) is 3.48. The van der Waals surface area contributed by atoms with Crippen LogP contribution in [0.5, 0.6) is 0 Å². The van der Waals surface area contributed by atoms with Crippen LogP contribution in [0.3, 0.4) is 0 Å². The molecule has 3 aromatic rings. The number of halogens is 1. The number of amidine groups is 1. The molecule has 0 fully saturated rings. The minimum absolute atomic E-state index is 0.0490. The Kier molecular flexibility index (Phi) is 4.87. The molecule has 3 nitrogen and oxygen atoms in total. The smallest absolute Gasteiger partial charge is 0.132 e. The quantitative estimate of drug-likeness (QED) is 0.653. The highest BCUT2D eigenvalue weighted by Gasteiger charge is 2.31. The van der Waals surface area contributed by atoms with Crippen molar-refractivity contribution < 1.29 is 0 Å². The van der Waals surface area contributed by atoms with Crippen LogP contribution in [0.2, 0.25) is 0 Å². The van der Waals surface area contributed by atoms with E-state index in [1.165, 1.54) is 5.56 Å². The van der Waals surface area contributed by atoms with Gasteiger partial charge >= 0.3 is 0 Å². The van der Waals surface area contributed by atoms with Crippen molar-refractivity contribution in [2.24, 2.45) is 4.99 Å². The number of nitrogens with zero attached hydrogens (tertiary/aromatic N) is 2. The largest absolute Gasteiger partial charge is 0.350 e. The Morgan fingerprint density at radius 1 is 0.846 bits per heavy atom. The van der Waals surface area contributed by atoms with Gasteiger partial charge in [0, 0.05) is 10.0 Å². The summed E-state index contributed by atoms with van der Waals surface area (Å²) in [5.74, 6) is 0.919. The van der Waals surface area contributed by atoms with Crippen LogP contribution in [-0.4, -0.2) is 17.8 Å². The number of aliphatic imine (C=N–C) groups is 1. The lowest BCUT2D eigenvalue weighted by Crippen LogP contribution is -2.45. The molecule has 0 bridgehead atoms. The Morgan fingerprint density at radius 2 is 1.50 bits per heavy atom. The van der Waals surface area contributed by atoms with E-state index in [4.69, 9.17) is 4.99 Å². The van der Waals surface area contributed by atoms with Gasteiger partial charge in [0.15, 0.2) is 0 Å². The van der Waals surface area contributed by atoms with Crippen molar-refractivity contribution in [1.82, 2.24) is 10.2 Å². The summed E-state index contributed by atoms with van der Waals surface area (Å²) in [6.07, 6.45) is -0.0120. The summed E-state index contributed by atoms with van der Waals surface area (Å²) in [5, 5.41) is 3.61. The van der Waals surface area contributed by atoms with Gasteiger partial charge in [-0.25, -0.2) is 4.99 Å². The van der Waals surface area contributed by atoms with Gasteiger partial charge in [0.25, 0.3) is 0 Å². The van der Waals surface area contributed by atoms with Gasteiger partial charge in [-0.2, -0.15) is 0 Å². The molecule has 2 atom stereocenters. The molecule has 130 valence electrons. The Balaban J connectivity index is 1.80. The first-order chi connectivity index (χ1) is 12.7. The molecule has 0 aromatic heterocycles. The lowest BCUT2D eigenvalue weighted by atomic mass is 10.1. The SMILES string of the molecule is CN1C(c2cccc(Br)c2)N=C(c2ccccc2)NC1c1ccccc1. The van der Waals surface area contributed by atoms with Gasteiger partial charge < -0.3 is 5.32 Å². The van der Waals surface area contributed by atoms with Crippen molar-refractivity contribution in [1.29, 1.82) is 0 Å². The topological polar surface area (TPSA) is 27.6 Å². The third-order valence-corrected chi connectivity index (χ3v) is 5.12. The molecule has 26 heavy (non-hydrogen) atoms. The van der Waals surface area contributed by atoms with Crippen molar-refractivity contribution >= 4 is 21.8 Å². The predicted octanol–water partition coefficient (Wildman–Crippen LogP) is 5.13. The predicted molar refractivity (Wildman–Crippen MR) is 110 cm³/mol. The summed E-state index contributed by atoms with van der Waals surface area (Å²) < 4.78 is 1.06. The highest BCUT2D eigenvalue weighted by molar-refractivity contribution is 9.10. The fourth-order valence-electron chi connectivity index (χ4n) is 3.31. The molecular formula is C22H20BrN3. The standard InChI is InChI=1S/C22H20BrN3/c1-26-21(17-11-6-3-7-12-17)24-20(16-9-4-2-5-10-16)25-22(26)18-13-8-14-19(23)15-18/h2-15,21-22H,1H3,(H,24,25). The summed E-state index contributed by atoms with van der Waals surface area (Å²) in [4.78, 5) is 7.30. The van der Waals surface area contributed by atoms with E-state index in [0.29, 0.717) is 0 Å². The van der Waals surface area contributed by atoms with Crippen molar-refractivity contribution in [3.05, 3.63) is 106 Å². The maximum Gasteiger partial charge on any atom is 0.132 e. The zero-order chi connectivity index (χ0) is 17.9. The molecule has 0 amide bonds. The first-order valence-electron chi connectivity index (χ1n) is 8.64. The maximum atomic E-state index is 5.03. The first-order valence-corrected chi connectivity index (χ1v) is 9.44. The number of hydrogen-bond acceptors (Lipinski definition) is 3. The third kappa shape index (κ3) is 3.43. The molecule has 4 rings (SSSR count). The van der Waals surface area contributed by atoms with E-state index in [1.807, 2.05) is 30.3 Å². The van der Waals surface area contributed by atoms with Gasteiger partial charge in [0.1, 0.15) is 18.2 Å². The van der Waals surface area contributed by atoms with Crippen molar-refractivity contribution in [2.75, 3.05) is 7.05 Å². The summed E-state index contributed by atoms with van der Waals surface area (Å²) in [7, 11) is 2.11. The van der Waals surface area contributed by atoms with E-state index in [1.54, 1.807) is 0 Å². The van der Waals surface area contributed by atoms with Gasteiger partial charge in [-0.15, -0.1) is 0 Å². The summed E-state index contributed by atoms with van der Waals surface area (Å²) in [6.45, 7) is 0. The Morgan fingerprint density at radius 3 is 2.19 bits per heavy atom. The third-order valence-electron chi connectivity index (χ3n) is 4.63. The molecule has 4 heteroatoms. The Hall–Kier alpha value is -2.43. The molecule has 1 N–H and O–H groups in total. The number of rotatable bonds is 3. The van der Waals surface area contributed by atoms with Crippen LogP contribution >= 0.6 is 15.9 Å². The highest BCUT2D eigenvalue weighted by atomic mass is 79.9. The Labute approximate surface area is 162 Å². The zero-order valence-corrected chi connectivity index (χ0v) is 16.1. The second-order valence-electron chi connectivity index (χ2n) is 6.40. The van der Waals surface area contributed by atoms with Gasteiger partial charge in [0.2, 0.25) is 0 Å². The second kappa shape index (κ2) is 7.44. The van der Waals surface area contributed by atoms with Crippen LogP contribution < -0.4 is 5.32 Å². The van der Waals surface area contributed by atoms with E-state index < -0.39 is 0 Å². The molecule has 0 saturated heterocycles. The fraction of sp³-hybridized carbons (Fsp3) is 0.136. The maximum absolute atomic E-state index is 5.03. The average molecular weight is 406 g/mol. The molecular weight excluding hydrogens is 386 g/mol. The molecule has 0 saturated carbocycles.